The number of hydrogen-bond acceptors (Lipinski definition) is 8. The second-order valence-corrected chi connectivity index (χ2v) is 15.0. The SMILES string of the molecule is C=C(C)C(=O)OCC(F)(F)S(=O)(=O)[O-].Cc1cc(-[s+]2c3ccccc3c3ccccc32)cc(C)c1OCC(=O)OC1(C)CCCC1. The number of benzene rings is 3. The second kappa shape index (κ2) is 13.9. The van der Waals surface area contributed by atoms with Crippen molar-refractivity contribution in [3.63, 3.8) is 0 Å². The number of esters is 2. The molecule has 1 aromatic heterocycles. The molecule has 8 nitrogen and oxygen atoms in total. The maximum absolute atomic E-state index is 12.4. The lowest BCUT2D eigenvalue weighted by Crippen LogP contribution is -2.34. The number of carbonyl (C=O) groups excluding carboxylic acids is 2. The normalized spacial score (nSPS) is 14.4. The van der Waals surface area contributed by atoms with Crippen molar-refractivity contribution in [2.24, 2.45) is 0 Å². The van der Waals surface area contributed by atoms with Crippen LogP contribution in [0.4, 0.5) is 8.78 Å². The van der Waals surface area contributed by atoms with Gasteiger partial charge in [-0.25, -0.2) is 18.0 Å². The summed E-state index contributed by atoms with van der Waals surface area (Å²) in [6.45, 7) is 8.56. The molecule has 0 saturated heterocycles. The first kappa shape index (κ1) is 35.0. The number of rotatable bonds is 9. The fraction of sp³-hybridized carbons (Fsp3) is 0.353. The van der Waals surface area contributed by atoms with Crippen LogP contribution in [0.1, 0.15) is 50.7 Å². The number of aryl methyl sites for hydroxylation is 2. The number of ether oxygens (including phenoxy) is 3. The van der Waals surface area contributed by atoms with Gasteiger partial charge in [0.15, 0.2) is 37.6 Å². The highest BCUT2D eigenvalue weighted by atomic mass is 32.2. The Bertz CT molecular complexity index is 1810. The van der Waals surface area contributed by atoms with Gasteiger partial charge in [-0.05, 0) is 88.8 Å². The first-order chi connectivity index (χ1) is 21.5. The van der Waals surface area contributed by atoms with E-state index in [-0.39, 0.29) is 34.2 Å². The van der Waals surface area contributed by atoms with Crippen LogP contribution in [0.2, 0.25) is 0 Å². The smallest absolute Gasteiger partial charge is 0.367 e. The van der Waals surface area contributed by atoms with E-state index < -0.39 is 27.9 Å². The zero-order chi connectivity index (χ0) is 33.9. The van der Waals surface area contributed by atoms with Crippen LogP contribution in [0.3, 0.4) is 0 Å². The third-order valence-corrected chi connectivity index (χ3v) is 10.8. The monoisotopic (exact) mass is 674 g/mol. The fourth-order valence-corrected chi connectivity index (χ4v) is 8.13. The van der Waals surface area contributed by atoms with Gasteiger partial charge in [0.05, 0.1) is 0 Å². The Morgan fingerprint density at radius 2 is 1.48 bits per heavy atom. The molecule has 0 aliphatic heterocycles. The van der Waals surface area contributed by atoms with Gasteiger partial charge in [0, 0.05) is 38.9 Å². The Morgan fingerprint density at radius 1 is 0.978 bits per heavy atom. The third-order valence-electron chi connectivity index (χ3n) is 7.62. The van der Waals surface area contributed by atoms with Crippen molar-refractivity contribution in [2.75, 3.05) is 13.2 Å². The van der Waals surface area contributed by atoms with Crippen LogP contribution in [0.15, 0.2) is 72.8 Å². The zero-order valence-corrected chi connectivity index (χ0v) is 27.7. The quantitative estimate of drug-likeness (QED) is 0.0762. The van der Waals surface area contributed by atoms with Crippen molar-refractivity contribution in [1.82, 2.24) is 0 Å². The minimum Gasteiger partial charge on any atom is -0.743 e. The van der Waals surface area contributed by atoms with Gasteiger partial charge in [0.25, 0.3) is 0 Å². The van der Waals surface area contributed by atoms with E-state index in [0.29, 0.717) is 0 Å². The minimum atomic E-state index is -5.81. The highest BCUT2D eigenvalue weighted by molar-refractivity contribution is 7.86. The molecule has 0 bridgehead atoms. The summed E-state index contributed by atoms with van der Waals surface area (Å²) in [5, 5.41) is -1.96. The van der Waals surface area contributed by atoms with Crippen molar-refractivity contribution in [3.8, 4) is 10.6 Å². The van der Waals surface area contributed by atoms with Gasteiger partial charge < -0.3 is 18.8 Å². The minimum absolute atomic E-state index is 0.0476. The van der Waals surface area contributed by atoms with Crippen molar-refractivity contribution in [3.05, 3.63) is 83.9 Å². The van der Waals surface area contributed by atoms with E-state index in [9.17, 15) is 31.3 Å². The Morgan fingerprint density at radius 3 is 1.96 bits per heavy atom. The summed E-state index contributed by atoms with van der Waals surface area (Å²) in [6.07, 6.45) is 4.13. The first-order valence-electron chi connectivity index (χ1n) is 14.6. The van der Waals surface area contributed by atoms with E-state index in [1.807, 2.05) is 6.92 Å². The molecule has 12 heteroatoms. The highest BCUT2D eigenvalue weighted by Gasteiger charge is 2.39. The Kier molecular flexibility index (Phi) is 10.5. The second-order valence-electron chi connectivity index (χ2n) is 11.6. The summed E-state index contributed by atoms with van der Waals surface area (Å²) in [5.74, 6) is -0.683. The van der Waals surface area contributed by atoms with Crippen molar-refractivity contribution in [2.45, 2.75) is 64.2 Å². The predicted molar refractivity (Wildman–Crippen MR) is 174 cm³/mol. The lowest BCUT2D eigenvalue weighted by Gasteiger charge is -2.24. The molecule has 0 unspecified atom stereocenters. The largest absolute Gasteiger partial charge is 0.743 e. The number of thiophene rings is 1. The van der Waals surface area contributed by atoms with Gasteiger partial charge in [-0.1, -0.05) is 30.8 Å². The number of carbonyl (C=O) groups is 2. The molecule has 1 heterocycles. The summed E-state index contributed by atoms with van der Waals surface area (Å²) in [6, 6.07) is 21.8. The van der Waals surface area contributed by atoms with Gasteiger partial charge in [-0.3, -0.25) is 0 Å². The summed E-state index contributed by atoms with van der Waals surface area (Å²) in [7, 11) is -5.95. The molecule has 0 amide bonds. The van der Waals surface area contributed by atoms with Crippen LogP contribution in [0.25, 0.3) is 25.1 Å². The molecule has 1 aliphatic carbocycles. The molecule has 0 atom stereocenters. The summed E-state index contributed by atoms with van der Waals surface area (Å²) in [5.41, 5.74) is 1.60. The first-order valence-corrected chi connectivity index (χ1v) is 17.2. The number of halogens is 2. The van der Waals surface area contributed by atoms with E-state index >= 15 is 0 Å². The Labute approximate surface area is 269 Å². The van der Waals surface area contributed by atoms with Crippen LogP contribution in [-0.2, 0) is 29.2 Å². The summed E-state index contributed by atoms with van der Waals surface area (Å²) >= 11 is 0. The van der Waals surface area contributed by atoms with E-state index in [4.69, 9.17) is 9.47 Å². The fourth-order valence-electron chi connectivity index (χ4n) is 5.37. The molecule has 1 fully saturated rings. The molecule has 3 aromatic carbocycles. The molecular weight excluding hydrogens is 638 g/mol. The van der Waals surface area contributed by atoms with Crippen molar-refractivity contribution in [1.29, 1.82) is 0 Å². The average molecular weight is 675 g/mol. The molecule has 0 N–H and O–H groups in total. The molecule has 0 spiro atoms. The Hall–Kier alpha value is -3.87. The van der Waals surface area contributed by atoms with Gasteiger partial charge in [0.1, 0.15) is 11.4 Å². The number of alkyl halides is 2. The molecular formula is C34H36F2O8S2. The van der Waals surface area contributed by atoms with Crippen LogP contribution in [0, 0.1) is 13.8 Å². The summed E-state index contributed by atoms with van der Waals surface area (Å²) < 4.78 is 72.7. The number of hydrogen-bond donors (Lipinski definition) is 0. The standard InChI is InChI=1S/C28H29O3S.C6H8F2O5S/c1-19-16-21(32-24-12-6-4-10-22(24)23-11-5-7-13-25(23)32)17-20(2)27(19)30-18-26(29)31-28(3)14-8-9-15-28;1-4(2)5(9)13-3-6(7,8)14(10,11)12/h4-7,10-13,16-17H,8-9,14-15,18H2,1-3H3;1,3H2,2H3,(H,10,11,12)/q+1;/p-1. The molecule has 246 valence electrons. The van der Waals surface area contributed by atoms with Gasteiger partial charge in [-0.2, -0.15) is 8.78 Å². The van der Waals surface area contributed by atoms with Crippen LogP contribution >= 0.6 is 10.5 Å². The van der Waals surface area contributed by atoms with E-state index in [1.165, 1.54) is 32.0 Å². The summed E-state index contributed by atoms with van der Waals surface area (Å²) in [4.78, 5) is 24.3. The van der Waals surface area contributed by atoms with Crippen LogP contribution in [-0.4, -0.2) is 49.0 Å². The van der Waals surface area contributed by atoms with E-state index in [0.717, 1.165) is 42.6 Å². The lowest BCUT2D eigenvalue weighted by atomic mass is 10.1. The molecule has 0 radical (unpaired) electrons. The van der Waals surface area contributed by atoms with Crippen molar-refractivity contribution >= 4 is 52.7 Å². The van der Waals surface area contributed by atoms with Crippen LogP contribution < -0.4 is 4.74 Å². The maximum Gasteiger partial charge on any atom is 0.367 e. The highest BCUT2D eigenvalue weighted by Crippen LogP contribution is 2.49. The number of fused-ring (bicyclic) bond motifs is 3. The van der Waals surface area contributed by atoms with Crippen LogP contribution in [0.5, 0.6) is 5.75 Å². The molecule has 4 aromatic rings. The Balaban J connectivity index is 0.000000292. The third kappa shape index (κ3) is 7.91. The molecule has 5 rings (SSSR count). The van der Waals surface area contributed by atoms with Crippen molar-refractivity contribution < 1.29 is 45.6 Å². The van der Waals surface area contributed by atoms with Gasteiger partial charge >= 0.3 is 17.2 Å². The molecule has 46 heavy (non-hydrogen) atoms. The molecule has 1 aliphatic rings. The van der Waals surface area contributed by atoms with Gasteiger partial charge in [0.2, 0.25) is 0 Å². The lowest BCUT2D eigenvalue weighted by molar-refractivity contribution is -0.159. The van der Waals surface area contributed by atoms with E-state index in [2.05, 4.69) is 85.8 Å². The average Bonchev–Trinajstić information content (AvgIpc) is 3.56. The predicted octanol–water partition coefficient (Wildman–Crippen LogP) is 7.85. The van der Waals surface area contributed by atoms with E-state index in [1.54, 1.807) is 0 Å². The molecule has 1 saturated carbocycles. The zero-order valence-electron chi connectivity index (χ0n) is 26.1. The van der Waals surface area contributed by atoms with Gasteiger partial charge in [-0.15, -0.1) is 0 Å². The maximum atomic E-state index is 12.4. The topological polar surface area (TPSA) is 119 Å².